The first kappa shape index (κ1) is 14.3. The zero-order valence-electron chi connectivity index (χ0n) is 12.3. The third-order valence-electron chi connectivity index (χ3n) is 5.44. The van der Waals surface area contributed by atoms with Crippen molar-refractivity contribution in [2.24, 2.45) is 5.73 Å². The molecule has 1 atom stereocenters. The van der Waals surface area contributed by atoms with E-state index in [0.717, 1.165) is 12.6 Å². The lowest BCUT2D eigenvalue weighted by molar-refractivity contribution is 0.103. The van der Waals surface area contributed by atoms with Gasteiger partial charge in [-0.25, -0.2) is 0 Å². The van der Waals surface area contributed by atoms with Gasteiger partial charge in [-0.1, -0.05) is 19.3 Å². The Morgan fingerprint density at radius 3 is 2.56 bits per heavy atom. The molecule has 0 aromatic rings. The standard InChI is InChI=1S/C15H31N3/c1-17-11-6-3-7-14(17)8-12-18(2)15(13-16)9-4-5-10-15/h14H,3-13,16H2,1-2H3. The molecule has 2 fully saturated rings. The van der Waals surface area contributed by atoms with Crippen molar-refractivity contribution in [2.75, 3.05) is 33.7 Å². The Balaban J connectivity index is 1.81. The Bertz CT molecular complexity index is 248. The summed E-state index contributed by atoms with van der Waals surface area (Å²) in [6, 6.07) is 0.803. The van der Waals surface area contributed by atoms with Crippen molar-refractivity contribution in [1.29, 1.82) is 0 Å². The summed E-state index contributed by atoms with van der Waals surface area (Å²) in [5, 5.41) is 0. The van der Waals surface area contributed by atoms with Gasteiger partial charge in [0.05, 0.1) is 0 Å². The Labute approximate surface area is 113 Å². The fraction of sp³-hybridized carbons (Fsp3) is 1.00. The van der Waals surface area contributed by atoms with Crippen LogP contribution in [0.2, 0.25) is 0 Å². The first-order valence-electron chi connectivity index (χ1n) is 7.79. The number of hydrogen-bond acceptors (Lipinski definition) is 3. The average molecular weight is 253 g/mol. The number of hydrogen-bond donors (Lipinski definition) is 1. The molecule has 1 heterocycles. The van der Waals surface area contributed by atoms with Gasteiger partial charge in [0.1, 0.15) is 0 Å². The first-order valence-corrected chi connectivity index (χ1v) is 7.79. The minimum atomic E-state index is 0.327. The fourth-order valence-corrected chi connectivity index (χ4v) is 3.86. The first-order chi connectivity index (χ1) is 8.68. The summed E-state index contributed by atoms with van der Waals surface area (Å²) in [4.78, 5) is 5.13. The number of rotatable bonds is 5. The van der Waals surface area contributed by atoms with E-state index < -0.39 is 0 Å². The molecule has 18 heavy (non-hydrogen) atoms. The normalized spacial score (nSPS) is 29.0. The van der Waals surface area contributed by atoms with Crippen LogP contribution < -0.4 is 5.73 Å². The van der Waals surface area contributed by atoms with Gasteiger partial charge in [0.2, 0.25) is 0 Å². The fourth-order valence-electron chi connectivity index (χ4n) is 3.86. The molecule has 106 valence electrons. The van der Waals surface area contributed by atoms with E-state index in [9.17, 15) is 0 Å². The van der Waals surface area contributed by atoms with Gasteiger partial charge in [-0.2, -0.15) is 0 Å². The lowest BCUT2D eigenvalue weighted by atomic mass is 9.94. The van der Waals surface area contributed by atoms with Crippen molar-refractivity contribution in [2.45, 2.75) is 62.9 Å². The Hall–Kier alpha value is -0.120. The van der Waals surface area contributed by atoms with Crippen LogP contribution in [0.25, 0.3) is 0 Å². The molecule has 1 unspecified atom stereocenters. The van der Waals surface area contributed by atoms with Crippen LogP contribution in [0.15, 0.2) is 0 Å². The SMILES string of the molecule is CN1CCCCC1CCN(C)C1(CN)CCCC1. The lowest BCUT2D eigenvalue weighted by Gasteiger charge is -2.40. The zero-order valence-corrected chi connectivity index (χ0v) is 12.3. The molecule has 3 heteroatoms. The van der Waals surface area contributed by atoms with Crippen molar-refractivity contribution < 1.29 is 0 Å². The number of likely N-dealkylation sites (N-methyl/N-ethyl adjacent to an activating group) is 1. The van der Waals surface area contributed by atoms with Crippen LogP contribution in [0.4, 0.5) is 0 Å². The van der Waals surface area contributed by atoms with Crippen LogP contribution in [0, 0.1) is 0 Å². The highest BCUT2D eigenvalue weighted by Crippen LogP contribution is 2.34. The molecule has 0 spiro atoms. The van der Waals surface area contributed by atoms with Gasteiger partial charge in [-0.05, 0) is 59.3 Å². The molecule has 1 saturated carbocycles. The summed E-state index contributed by atoms with van der Waals surface area (Å²) in [5.74, 6) is 0. The summed E-state index contributed by atoms with van der Waals surface area (Å²) < 4.78 is 0. The van der Waals surface area contributed by atoms with Gasteiger partial charge in [0, 0.05) is 18.1 Å². The Morgan fingerprint density at radius 2 is 1.94 bits per heavy atom. The second-order valence-corrected chi connectivity index (χ2v) is 6.48. The number of piperidine rings is 1. The molecule has 2 aliphatic rings. The largest absolute Gasteiger partial charge is 0.329 e. The maximum absolute atomic E-state index is 6.05. The molecular formula is C15H31N3. The van der Waals surface area contributed by atoms with Crippen molar-refractivity contribution in [3.63, 3.8) is 0 Å². The second kappa shape index (κ2) is 6.36. The van der Waals surface area contributed by atoms with Gasteiger partial charge in [0.15, 0.2) is 0 Å². The second-order valence-electron chi connectivity index (χ2n) is 6.48. The molecule has 0 radical (unpaired) electrons. The molecule has 1 aliphatic carbocycles. The van der Waals surface area contributed by atoms with Gasteiger partial charge in [-0.3, -0.25) is 4.90 Å². The monoisotopic (exact) mass is 253 g/mol. The molecule has 2 rings (SSSR count). The number of likely N-dealkylation sites (tertiary alicyclic amines) is 1. The van der Waals surface area contributed by atoms with Gasteiger partial charge in [-0.15, -0.1) is 0 Å². The van der Waals surface area contributed by atoms with Gasteiger partial charge >= 0.3 is 0 Å². The quantitative estimate of drug-likeness (QED) is 0.814. The Morgan fingerprint density at radius 1 is 1.22 bits per heavy atom. The smallest absolute Gasteiger partial charge is 0.0328 e. The average Bonchev–Trinajstić information content (AvgIpc) is 2.87. The van der Waals surface area contributed by atoms with E-state index in [0.29, 0.717) is 5.54 Å². The van der Waals surface area contributed by atoms with Crippen LogP contribution in [0.3, 0.4) is 0 Å². The third kappa shape index (κ3) is 3.06. The minimum absolute atomic E-state index is 0.327. The third-order valence-corrected chi connectivity index (χ3v) is 5.44. The molecule has 1 saturated heterocycles. The molecule has 2 N–H and O–H groups in total. The maximum atomic E-state index is 6.05. The van der Waals surface area contributed by atoms with Crippen LogP contribution in [0.5, 0.6) is 0 Å². The molecule has 0 aromatic heterocycles. The maximum Gasteiger partial charge on any atom is 0.0328 e. The minimum Gasteiger partial charge on any atom is -0.329 e. The van der Waals surface area contributed by atoms with E-state index in [4.69, 9.17) is 5.73 Å². The van der Waals surface area contributed by atoms with Crippen LogP contribution in [-0.2, 0) is 0 Å². The lowest BCUT2D eigenvalue weighted by Crippen LogP contribution is -2.51. The summed E-state index contributed by atoms with van der Waals surface area (Å²) in [6.45, 7) is 3.34. The zero-order chi connectivity index (χ0) is 13.0. The highest BCUT2D eigenvalue weighted by Gasteiger charge is 2.36. The van der Waals surface area contributed by atoms with E-state index in [-0.39, 0.29) is 0 Å². The van der Waals surface area contributed by atoms with Crippen molar-refractivity contribution in [1.82, 2.24) is 9.80 Å². The van der Waals surface area contributed by atoms with E-state index in [1.807, 2.05) is 0 Å². The van der Waals surface area contributed by atoms with Gasteiger partial charge in [0.25, 0.3) is 0 Å². The van der Waals surface area contributed by atoms with Crippen molar-refractivity contribution in [3.05, 3.63) is 0 Å². The summed E-state index contributed by atoms with van der Waals surface area (Å²) in [7, 11) is 4.58. The Kier molecular flexibility index (Phi) is 5.05. The molecule has 3 nitrogen and oxygen atoms in total. The molecule has 0 bridgehead atoms. The van der Waals surface area contributed by atoms with E-state index in [1.165, 1.54) is 64.5 Å². The van der Waals surface area contributed by atoms with Crippen LogP contribution in [-0.4, -0.2) is 55.1 Å². The summed E-state index contributed by atoms with van der Waals surface area (Å²) >= 11 is 0. The summed E-state index contributed by atoms with van der Waals surface area (Å²) in [5.41, 5.74) is 6.38. The van der Waals surface area contributed by atoms with Crippen LogP contribution in [0.1, 0.15) is 51.4 Å². The predicted molar refractivity (Wildman–Crippen MR) is 77.8 cm³/mol. The molecule has 0 aromatic carbocycles. The van der Waals surface area contributed by atoms with E-state index in [2.05, 4.69) is 23.9 Å². The van der Waals surface area contributed by atoms with E-state index >= 15 is 0 Å². The summed E-state index contributed by atoms with van der Waals surface area (Å²) in [6.07, 6.45) is 10.8. The van der Waals surface area contributed by atoms with E-state index in [1.54, 1.807) is 0 Å². The molecular weight excluding hydrogens is 222 g/mol. The van der Waals surface area contributed by atoms with Gasteiger partial charge < -0.3 is 10.6 Å². The van der Waals surface area contributed by atoms with Crippen molar-refractivity contribution >= 4 is 0 Å². The number of nitrogens with two attached hydrogens (primary N) is 1. The highest BCUT2D eigenvalue weighted by molar-refractivity contribution is 4.95. The van der Waals surface area contributed by atoms with Crippen LogP contribution >= 0.6 is 0 Å². The predicted octanol–water partition coefficient (Wildman–Crippen LogP) is 2.06. The van der Waals surface area contributed by atoms with Crippen molar-refractivity contribution in [3.8, 4) is 0 Å². The number of nitrogens with zero attached hydrogens (tertiary/aromatic N) is 2. The molecule has 0 amide bonds. The molecule has 1 aliphatic heterocycles. The topological polar surface area (TPSA) is 32.5 Å². The highest BCUT2D eigenvalue weighted by atomic mass is 15.2.